The maximum atomic E-state index is 6.19. The predicted octanol–water partition coefficient (Wildman–Crippen LogP) is 7.86. The quantitative estimate of drug-likeness (QED) is 0.250. The Hall–Kier alpha value is -3.41. The van der Waals surface area contributed by atoms with Crippen LogP contribution in [-0.2, 0) is 13.0 Å². The van der Waals surface area contributed by atoms with Gasteiger partial charge >= 0.3 is 0 Å². The van der Waals surface area contributed by atoms with Gasteiger partial charge in [0.05, 0.1) is 0 Å². The van der Waals surface area contributed by atoms with Crippen LogP contribution in [0.3, 0.4) is 0 Å². The van der Waals surface area contributed by atoms with Crippen molar-refractivity contribution >= 4 is 40.1 Å². The Bertz CT molecular complexity index is 1600. The third kappa shape index (κ3) is 3.93. The van der Waals surface area contributed by atoms with Gasteiger partial charge in [0.2, 0.25) is 0 Å². The van der Waals surface area contributed by atoms with Crippen LogP contribution in [0.1, 0.15) is 35.2 Å². The van der Waals surface area contributed by atoms with Crippen LogP contribution in [0.2, 0.25) is 5.02 Å². The number of aryl methyl sites for hydroxylation is 4. The zero-order valence-electron chi connectivity index (χ0n) is 20.4. The van der Waals surface area contributed by atoms with Crippen molar-refractivity contribution in [1.82, 2.24) is 14.2 Å². The van der Waals surface area contributed by atoms with Crippen LogP contribution in [0, 0.1) is 13.8 Å². The first kappa shape index (κ1) is 23.0. The van der Waals surface area contributed by atoms with E-state index >= 15 is 0 Å². The molecule has 4 nitrogen and oxygen atoms in total. The van der Waals surface area contributed by atoms with Crippen LogP contribution in [0.4, 0.5) is 5.69 Å². The summed E-state index contributed by atoms with van der Waals surface area (Å²) in [6.45, 7) is 5.12. The maximum absolute atomic E-state index is 6.19. The smallest absolute Gasteiger partial charge is 0.162 e. The summed E-state index contributed by atoms with van der Waals surface area (Å²) < 4.78 is 4.44. The molecular weight excluding hydrogens is 484 g/mol. The fourth-order valence-electron chi connectivity index (χ4n) is 5.23. The summed E-state index contributed by atoms with van der Waals surface area (Å²) in [5.74, 6) is 0.945. The zero-order valence-corrected chi connectivity index (χ0v) is 22.0. The van der Waals surface area contributed by atoms with Crippen LogP contribution >= 0.6 is 23.8 Å². The van der Waals surface area contributed by atoms with E-state index < -0.39 is 0 Å². The Morgan fingerprint density at radius 3 is 2.50 bits per heavy atom. The highest BCUT2D eigenvalue weighted by molar-refractivity contribution is 7.81. The predicted molar refractivity (Wildman–Crippen MR) is 153 cm³/mol. The molecule has 180 valence electrons. The normalized spacial score (nSPS) is 13.1. The number of anilines is 1. The van der Waals surface area contributed by atoms with E-state index in [0.29, 0.717) is 4.99 Å². The van der Waals surface area contributed by atoms with Crippen molar-refractivity contribution in [3.63, 3.8) is 0 Å². The molecule has 0 saturated carbocycles. The number of benzene rings is 3. The van der Waals surface area contributed by atoms with Crippen LogP contribution in [0.25, 0.3) is 28.2 Å². The van der Waals surface area contributed by atoms with Crippen molar-refractivity contribution in [2.45, 2.75) is 39.7 Å². The van der Waals surface area contributed by atoms with Gasteiger partial charge < -0.3 is 9.88 Å². The van der Waals surface area contributed by atoms with E-state index in [1.54, 1.807) is 0 Å². The van der Waals surface area contributed by atoms with Crippen molar-refractivity contribution < 1.29 is 0 Å². The molecule has 0 radical (unpaired) electrons. The van der Waals surface area contributed by atoms with Crippen LogP contribution < -0.4 is 5.32 Å². The molecule has 5 aromatic rings. The monoisotopic (exact) mass is 510 g/mol. The van der Waals surface area contributed by atoms with Gasteiger partial charge in [-0.1, -0.05) is 66.3 Å². The largest absolute Gasteiger partial charge is 0.345 e. The van der Waals surface area contributed by atoms with Gasteiger partial charge in [0.1, 0.15) is 16.3 Å². The summed E-state index contributed by atoms with van der Waals surface area (Å²) in [6, 6.07) is 24.9. The molecule has 0 saturated heterocycles. The minimum absolute atomic E-state index is 0.677. The van der Waals surface area contributed by atoms with E-state index in [4.69, 9.17) is 28.9 Å². The molecule has 0 fully saturated rings. The van der Waals surface area contributed by atoms with Crippen LogP contribution in [0.5, 0.6) is 0 Å². The van der Waals surface area contributed by atoms with Crippen molar-refractivity contribution in [2.75, 3.05) is 5.32 Å². The van der Waals surface area contributed by atoms with Crippen molar-refractivity contribution in [2.24, 2.45) is 0 Å². The molecule has 36 heavy (non-hydrogen) atoms. The highest BCUT2D eigenvalue weighted by atomic mass is 35.5. The lowest BCUT2D eigenvalue weighted by molar-refractivity contribution is 0.645. The van der Waals surface area contributed by atoms with Gasteiger partial charge in [-0.25, -0.2) is 4.52 Å². The van der Waals surface area contributed by atoms with Gasteiger partial charge in [-0.3, -0.25) is 0 Å². The highest BCUT2D eigenvalue weighted by Gasteiger charge is 2.29. The summed E-state index contributed by atoms with van der Waals surface area (Å²) >= 11 is 12.3. The van der Waals surface area contributed by atoms with E-state index in [9.17, 15) is 0 Å². The summed E-state index contributed by atoms with van der Waals surface area (Å²) in [5, 5.41) is 9.47. The molecule has 1 N–H and O–H groups in total. The second-order valence-electron chi connectivity index (χ2n) is 9.52. The van der Waals surface area contributed by atoms with Gasteiger partial charge in [0.25, 0.3) is 0 Å². The molecule has 0 spiro atoms. The van der Waals surface area contributed by atoms with E-state index in [1.807, 2.05) is 24.3 Å². The standard InChI is InChI=1S/C30H27ClN4S/c1-19-11-12-20(2)25(18-19)32-29(36)27-26(21-8-4-3-5-9-21)24-10-6-7-17-34-28(33-35(27)30(24)34)22-13-15-23(31)16-14-22/h3-5,8-9,11-16,18H,6-7,10,17H2,1-2H3,(H,32,36). The number of nitrogens with zero attached hydrogens (tertiary/aromatic N) is 3. The number of halogens is 1. The molecule has 6 heteroatoms. The van der Waals surface area contributed by atoms with Crippen molar-refractivity contribution in [3.8, 4) is 22.5 Å². The van der Waals surface area contributed by atoms with Crippen molar-refractivity contribution in [1.29, 1.82) is 0 Å². The van der Waals surface area contributed by atoms with Gasteiger partial charge in [0.15, 0.2) is 5.82 Å². The highest BCUT2D eigenvalue weighted by Crippen LogP contribution is 2.39. The number of hydrogen-bond acceptors (Lipinski definition) is 2. The van der Waals surface area contributed by atoms with Gasteiger partial charge in [-0.2, -0.15) is 0 Å². The third-order valence-electron chi connectivity index (χ3n) is 7.01. The first-order chi connectivity index (χ1) is 17.5. The Morgan fingerprint density at radius 1 is 0.944 bits per heavy atom. The lowest BCUT2D eigenvalue weighted by Gasteiger charge is -2.14. The SMILES string of the molecule is Cc1ccc(C)c(NC(=S)c2c(-c3ccccc3)c3c4n(c(-c5ccc(Cl)cc5)nn24)CCCC3)c1. The topological polar surface area (TPSA) is 34.3 Å². The van der Waals surface area contributed by atoms with Gasteiger partial charge in [-0.15, -0.1) is 5.10 Å². The lowest BCUT2D eigenvalue weighted by Crippen LogP contribution is -2.15. The molecule has 0 bridgehead atoms. The summed E-state index contributed by atoms with van der Waals surface area (Å²) in [5.41, 5.74) is 10.2. The number of rotatable bonds is 4. The van der Waals surface area contributed by atoms with E-state index in [-0.39, 0.29) is 0 Å². The summed E-state index contributed by atoms with van der Waals surface area (Å²) in [6.07, 6.45) is 3.22. The van der Waals surface area contributed by atoms with Gasteiger partial charge in [0, 0.05) is 33.9 Å². The van der Waals surface area contributed by atoms with Crippen LogP contribution in [0.15, 0.2) is 72.8 Å². The third-order valence-corrected chi connectivity index (χ3v) is 7.55. The fourth-order valence-corrected chi connectivity index (χ4v) is 5.65. The Balaban J connectivity index is 1.61. The Morgan fingerprint density at radius 2 is 1.72 bits per heavy atom. The second-order valence-corrected chi connectivity index (χ2v) is 10.4. The number of hydrogen-bond donors (Lipinski definition) is 1. The summed E-state index contributed by atoms with van der Waals surface area (Å²) in [4.78, 5) is 0.677. The molecule has 0 aliphatic carbocycles. The lowest BCUT2D eigenvalue weighted by atomic mass is 9.98. The Kier molecular flexibility index (Phi) is 5.90. The molecule has 6 rings (SSSR count). The molecule has 0 atom stereocenters. The summed E-state index contributed by atoms with van der Waals surface area (Å²) in [7, 11) is 0. The van der Waals surface area contributed by atoms with Gasteiger partial charge in [-0.05, 0) is 80.1 Å². The molecule has 1 aliphatic heterocycles. The number of aromatic nitrogens is 3. The minimum atomic E-state index is 0.677. The fraction of sp³-hybridized carbons (Fsp3) is 0.200. The second kappa shape index (κ2) is 9.23. The zero-order chi connectivity index (χ0) is 24.8. The van der Waals surface area contributed by atoms with E-state index in [2.05, 4.69) is 76.8 Å². The first-order valence-corrected chi connectivity index (χ1v) is 13.1. The van der Waals surface area contributed by atoms with Crippen molar-refractivity contribution in [3.05, 3.63) is 100 Å². The number of thiocarbonyl (C=S) groups is 1. The molecule has 3 heterocycles. The van der Waals surface area contributed by atoms with E-state index in [0.717, 1.165) is 64.8 Å². The molecule has 2 aromatic heterocycles. The Labute approximate surface area is 221 Å². The number of nitrogens with one attached hydrogen (secondary N) is 1. The average Bonchev–Trinajstić information content (AvgIpc) is 3.30. The maximum Gasteiger partial charge on any atom is 0.162 e. The van der Waals surface area contributed by atoms with E-state index in [1.165, 1.54) is 22.3 Å². The molecule has 1 aliphatic rings. The molecule has 3 aromatic carbocycles. The molecule has 0 amide bonds. The molecule has 0 unspecified atom stereocenters. The molecular formula is C30H27ClN4S. The van der Waals surface area contributed by atoms with Crippen LogP contribution in [-0.4, -0.2) is 19.2 Å². The minimum Gasteiger partial charge on any atom is -0.345 e. The first-order valence-electron chi connectivity index (χ1n) is 12.4. The average molecular weight is 511 g/mol.